The van der Waals surface area contributed by atoms with Gasteiger partial charge in [-0.15, -0.1) is 0 Å². The first-order valence-electron chi connectivity index (χ1n) is 6.85. The topological polar surface area (TPSA) is 21.7 Å². The zero-order valence-electron chi connectivity index (χ0n) is 12.7. The van der Waals surface area contributed by atoms with Crippen molar-refractivity contribution in [1.82, 2.24) is 4.90 Å². The van der Waals surface area contributed by atoms with Crippen molar-refractivity contribution >= 4 is 16.6 Å². The normalized spacial score (nSPS) is 22.2. The Hall–Kier alpha value is -0.626. The molecule has 19 heavy (non-hydrogen) atoms. The van der Waals surface area contributed by atoms with Gasteiger partial charge in [0.2, 0.25) is 0 Å². The molecule has 0 saturated carbocycles. The van der Waals surface area contributed by atoms with Crippen LogP contribution >= 0.6 is 0 Å². The molecular formula is C14H25NO2Si2. The lowest BCUT2D eigenvalue weighted by Crippen LogP contribution is -2.62. The van der Waals surface area contributed by atoms with Gasteiger partial charge in [0.1, 0.15) is 5.75 Å². The second-order valence-electron chi connectivity index (χ2n) is 6.61. The molecule has 1 heterocycles. The highest BCUT2D eigenvalue weighted by molar-refractivity contribution is 6.86. The summed E-state index contributed by atoms with van der Waals surface area (Å²) in [5, 5.41) is 0. The fraction of sp³-hybridized carbons (Fsp3) is 0.571. The monoisotopic (exact) mass is 295 g/mol. The Kier molecular flexibility index (Phi) is 4.20. The number of hydrogen-bond acceptors (Lipinski definition) is 3. The van der Waals surface area contributed by atoms with Gasteiger partial charge in [0.05, 0.1) is 7.11 Å². The average Bonchev–Trinajstić information content (AvgIpc) is 2.25. The van der Waals surface area contributed by atoms with E-state index < -0.39 is 16.6 Å². The van der Waals surface area contributed by atoms with Gasteiger partial charge in [-0.2, -0.15) is 0 Å². The maximum Gasteiger partial charge on any atom is 0.187 e. The summed E-state index contributed by atoms with van der Waals surface area (Å²) in [6.07, 6.45) is 2.27. The van der Waals surface area contributed by atoms with Crippen LogP contribution in [-0.4, -0.2) is 41.0 Å². The van der Waals surface area contributed by atoms with Crippen LogP contribution in [0.3, 0.4) is 0 Å². The first kappa shape index (κ1) is 14.8. The largest absolute Gasteiger partial charge is 0.497 e. The van der Waals surface area contributed by atoms with Crippen LogP contribution in [0.4, 0.5) is 0 Å². The van der Waals surface area contributed by atoms with Crippen molar-refractivity contribution in [1.29, 1.82) is 0 Å². The van der Waals surface area contributed by atoms with E-state index in [1.54, 1.807) is 7.11 Å². The molecule has 2 rings (SSSR count). The Morgan fingerprint density at radius 1 is 1.05 bits per heavy atom. The van der Waals surface area contributed by atoms with Gasteiger partial charge in [0, 0.05) is 18.9 Å². The Labute approximate surface area is 118 Å². The van der Waals surface area contributed by atoms with Crippen LogP contribution in [0.5, 0.6) is 5.75 Å². The van der Waals surface area contributed by atoms with E-state index in [1.165, 1.54) is 5.56 Å². The molecule has 0 aromatic heterocycles. The van der Waals surface area contributed by atoms with Crippen LogP contribution in [0.15, 0.2) is 24.3 Å². The lowest BCUT2D eigenvalue weighted by molar-refractivity contribution is 0.291. The van der Waals surface area contributed by atoms with Crippen molar-refractivity contribution in [2.24, 2.45) is 0 Å². The average molecular weight is 296 g/mol. The van der Waals surface area contributed by atoms with Gasteiger partial charge in [-0.05, 0) is 43.9 Å². The summed E-state index contributed by atoms with van der Waals surface area (Å²) < 4.78 is 11.6. The highest BCUT2D eigenvalue weighted by Gasteiger charge is 2.41. The lowest BCUT2D eigenvalue weighted by atomic mass is 10.2. The molecule has 1 fully saturated rings. The molecule has 5 heteroatoms. The molecule has 0 spiro atoms. The molecule has 1 saturated heterocycles. The van der Waals surface area contributed by atoms with E-state index in [-0.39, 0.29) is 0 Å². The van der Waals surface area contributed by atoms with Crippen LogP contribution < -0.4 is 4.74 Å². The minimum atomic E-state index is -1.50. The molecule has 0 aliphatic carbocycles. The molecular weight excluding hydrogens is 270 g/mol. The zero-order chi connectivity index (χ0) is 14.1. The van der Waals surface area contributed by atoms with Crippen LogP contribution in [-0.2, 0) is 10.7 Å². The van der Waals surface area contributed by atoms with Crippen molar-refractivity contribution in [2.45, 2.75) is 32.7 Å². The molecule has 0 bridgehead atoms. The summed E-state index contributed by atoms with van der Waals surface area (Å²) in [6, 6.07) is 8.41. The molecule has 0 N–H and O–H groups in total. The van der Waals surface area contributed by atoms with Gasteiger partial charge in [0.25, 0.3) is 0 Å². The van der Waals surface area contributed by atoms with Gasteiger partial charge in [-0.25, -0.2) is 0 Å². The molecule has 0 radical (unpaired) electrons. The van der Waals surface area contributed by atoms with Crippen molar-refractivity contribution in [3.63, 3.8) is 0 Å². The number of hydrogen-bond donors (Lipinski definition) is 0. The third kappa shape index (κ3) is 4.17. The summed E-state index contributed by atoms with van der Waals surface area (Å²) in [6.45, 7) is 10.4. The third-order valence-electron chi connectivity index (χ3n) is 3.33. The zero-order valence-corrected chi connectivity index (χ0v) is 14.7. The first-order valence-corrected chi connectivity index (χ1v) is 13.1. The second kappa shape index (κ2) is 5.40. The molecule has 1 aromatic carbocycles. The van der Waals surface area contributed by atoms with E-state index in [9.17, 15) is 0 Å². The Balaban J connectivity index is 2.05. The van der Waals surface area contributed by atoms with E-state index in [1.807, 2.05) is 12.1 Å². The predicted octanol–water partition coefficient (Wildman–Crippen LogP) is 3.02. The first-order chi connectivity index (χ1) is 8.80. The molecule has 106 valence electrons. The number of rotatable bonds is 3. The van der Waals surface area contributed by atoms with Crippen molar-refractivity contribution in [2.75, 3.05) is 19.4 Å². The van der Waals surface area contributed by atoms with E-state index in [2.05, 4.69) is 43.2 Å². The molecule has 0 unspecified atom stereocenters. The van der Waals surface area contributed by atoms with Crippen molar-refractivity contribution in [3.8, 4) is 5.75 Å². The fourth-order valence-electron chi connectivity index (χ4n) is 3.05. The van der Waals surface area contributed by atoms with Crippen LogP contribution in [0, 0.1) is 0 Å². The van der Waals surface area contributed by atoms with E-state index in [4.69, 9.17) is 8.85 Å². The fourth-order valence-corrected chi connectivity index (χ4v) is 12.4. The molecule has 3 nitrogen and oxygen atoms in total. The highest BCUT2D eigenvalue weighted by Crippen LogP contribution is 2.24. The van der Waals surface area contributed by atoms with Crippen LogP contribution in [0.2, 0.25) is 26.2 Å². The summed E-state index contributed by atoms with van der Waals surface area (Å²) in [5.74, 6) is 0.926. The van der Waals surface area contributed by atoms with E-state index in [0.717, 1.165) is 24.6 Å². The standard InChI is InChI=1S/C14H25NO2Si2/c1-16-14-8-6-13(7-9-14)10-15-11-18(2,3)17-19(4,5)12-15/h6-9H,10-12H2,1-5H3. The number of nitrogens with zero attached hydrogens (tertiary/aromatic N) is 1. The Morgan fingerprint density at radius 2 is 1.58 bits per heavy atom. The number of ether oxygens (including phenoxy) is 1. The maximum absolute atomic E-state index is 6.38. The minimum absolute atomic E-state index is 0.926. The maximum atomic E-state index is 6.38. The summed E-state index contributed by atoms with van der Waals surface area (Å²) in [4.78, 5) is 2.59. The summed E-state index contributed by atoms with van der Waals surface area (Å²) >= 11 is 0. The van der Waals surface area contributed by atoms with Gasteiger partial charge >= 0.3 is 0 Å². The Morgan fingerprint density at radius 3 is 2.05 bits per heavy atom. The molecule has 1 aliphatic rings. The Bertz CT molecular complexity index is 416. The smallest absolute Gasteiger partial charge is 0.187 e. The van der Waals surface area contributed by atoms with E-state index >= 15 is 0 Å². The minimum Gasteiger partial charge on any atom is -0.497 e. The highest BCUT2D eigenvalue weighted by atomic mass is 28.4. The molecule has 0 amide bonds. The second-order valence-corrected chi connectivity index (χ2v) is 15.1. The van der Waals surface area contributed by atoms with Gasteiger partial charge in [-0.3, -0.25) is 4.90 Å². The van der Waals surface area contributed by atoms with Crippen molar-refractivity contribution in [3.05, 3.63) is 29.8 Å². The molecule has 0 atom stereocenters. The number of benzene rings is 1. The summed E-state index contributed by atoms with van der Waals surface area (Å²) in [7, 11) is -1.29. The third-order valence-corrected chi connectivity index (χ3v) is 10.2. The molecule has 1 aliphatic heterocycles. The predicted molar refractivity (Wildman–Crippen MR) is 84.3 cm³/mol. The van der Waals surface area contributed by atoms with Gasteiger partial charge < -0.3 is 8.85 Å². The van der Waals surface area contributed by atoms with Crippen LogP contribution in [0.25, 0.3) is 0 Å². The van der Waals surface area contributed by atoms with E-state index in [0.29, 0.717) is 0 Å². The quantitative estimate of drug-likeness (QED) is 0.800. The molecule has 1 aromatic rings. The SMILES string of the molecule is COc1ccc(CN2C[Si](C)(C)O[Si](C)(C)C2)cc1. The van der Waals surface area contributed by atoms with Gasteiger partial charge in [-0.1, -0.05) is 12.1 Å². The van der Waals surface area contributed by atoms with Gasteiger partial charge in [0.15, 0.2) is 16.6 Å². The summed E-state index contributed by atoms with van der Waals surface area (Å²) in [5.41, 5.74) is 1.36. The van der Waals surface area contributed by atoms with Crippen LogP contribution in [0.1, 0.15) is 5.56 Å². The lowest BCUT2D eigenvalue weighted by Gasteiger charge is -2.45. The van der Waals surface area contributed by atoms with Crippen molar-refractivity contribution < 1.29 is 8.85 Å². The number of methoxy groups -OCH3 is 1.